The van der Waals surface area contributed by atoms with Crippen molar-refractivity contribution in [3.05, 3.63) is 47.7 Å². The van der Waals surface area contributed by atoms with Crippen LogP contribution in [0.3, 0.4) is 0 Å². The first-order chi connectivity index (χ1) is 10.3. The third-order valence-electron chi connectivity index (χ3n) is 3.78. The smallest absolute Gasteiger partial charge is 0.254 e. The van der Waals surface area contributed by atoms with Crippen LogP contribution in [-0.4, -0.2) is 21.4 Å². The van der Waals surface area contributed by atoms with Crippen molar-refractivity contribution in [3.63, 3.8) is 0 Å². The molecule has 3 rings (SSSR count). The van der Waals surface area contributed by atoms with Crippen molar-refractivity contribution < 1.29 is 10.0 Å². The first kappa shape index (κ1) is 14.4. The van der Waals surface area contributed by atoms with Crippen LogP contribution in [0.4, 0.5) is 0 Å². The van der Waals surface area contributed by atoms with E-state index in [9.17, 15) is 10.0 Å². The molecule has 1 amide bonds. The maximum Gasteiger partial charge on any atom is 0.254 e. The first-order valence-corrected chi connectivity index (χ1v) is 7.34. The summed E-state index contributed by atoms with van der Waals surface area (Å²) >= 11 is 0. The number of hydrogen-bond acceptors (Lipinski definition) is 2. The quantitative estimate of drug-likeness (QED) is 0.670. The van der Waals surface area contributed by atoms with E-state index in [1.54, 1.807) is 6.92 Å². The third-order valence-corrected chi connectivity index (χ3v) is 3.78. The summed E-state index contributed by atoms with van der Waals surface area (Å²) in [4.78, 5) is 12.7. The van der Waals surface area contributed by atoms with E-state index in [0.717, 1.165) is 20.9 Å². The van der Waals surface area contributed by atoms with Crippen molar-refractivity contribution in [2.75, 3.05) is 0 Å². The van der Waals surface area contributed by atoms with Gasteiger partial charge in [-0.2, -0.15) is 4.73 Å². The molecule has 0 fully saturated rings. The zero-order valence-corrected chi connectivity index (χ0v) is 13.3. The molecular formula is C18H20N2O2. The normalized spacial score (nSPS) is 12.0. The summed E-state index contributed by atoms with van der Waals surface area (Å²) < 4.78 is 1.10. The van der Waals surface area contributed by atoms with Crippen LogP contribution in [0.5, 0.6) is 0 Å². The number of carbonyl (C=O) groups excluding carboxylic acids is 1. The lowest BCUT2D eigenvalue weighted by Gasteiger charge is -2.20. The second kappa shape index (κ2) is 4.77. The summed E-state index contributed by atoms with van der Waals surface area (Å²) in [6.45, 7) is 7.58. The van der Waals surface area contributed by atoms with Crippen molar-refractivity contribution >= 4 is 27.6 Å². The fourth-order valence-corrected chi connectivity index (χ4v) is 2.85. The molecule has 2 aromatic carbocycles. The van der Waals surface area contributed by atoms with Gasteiger partial charge < -0.3 is 10.5 Å². The van der Waals surface area contributed by atoms with Crippen LogP contribution < -0.4 is 5.32 Å². The molecule has 114 valence electrons. The Morgan fingerprint density at radius 3 is 2.50 bits per heavy atom. The van der Waals surface area contributed by atoms with E-state index >= 15 is 0 Å². The molecule has 4 heteroatoms. The molecule has 3 aromatic rings. The Labute approximate surface area is 129 Å². The number of amides is 1. The van der Waals surface area contributed by atoms with Gasteiger partial charge in [-0.1, -0.05) is 30.3 Å². The Balaban J connectivity index is 2.36. The van der Waals surface area contributed by atoms with E-state index in [0.29, 0.717) is 16.8 Å². The Morgan fingerprint density at radius 2 is 1.82 bits per heavy atom. The Kier molecular flexibility index (Phi) is 3.13. The average molecular weight is 296 g/mol. The van der Waals surface area contributed by atoms with E-state index in [-0.39, 0.29) is 11.4 Å². The van der Waals surface area contributed by atoms with Crippen LogP contribution in [0.1, 0.15) is 36.8 Å². The van der Waals surface area contributed by atoms with E-state index in [1.165, 1.54) is 0 Å². The highest BCUT2D eigenvalue weighted by Crippen LogP contribution is 2.32. The van der Waals surface area contributed by atoms with Gasteiger partial charge in [-0.3, -0.25) is 4.79 Å². The van der Waals surface area contributed by atoms with E-state index in [1.807, 2.05) is 57.2 Å². The molecule has 0 atom stereocenters. The summed E-state index contributed by atoms with van der Waals surface area (Å²) in [6, 6.07) is 11.7. The number of carbonyl (C=O) groups is 1. The molecule has 2 N–H and O–H groups in total. The van der Waals surface area contributed by atoms with Gasteiger partial charge >= 0.3 is 0 Å². The molecule has 1 heterocycles. The van der Waals surface area contributed by atoms with Gasteiger partial charge in [-0.05, 0) is 44.5 Å². The minimum absolute atomic E-state index is 0.167. The fourth-order valence-electron chi connectivity index (χ4n) is 2.85. The maximum absolute atomic E-state index is 12.7. The van der Waals surface area contributed by atoms with Crippen LogP contribution in [0.15, 0.2) is 36.4 Å². The topological polar surface area (TPSA) is 54.3 Å². The molecular weight excluding hydrogens is 276 g/mol. The zero-order valence-electron chi connectivity index (χ0n) is 13.3. The number of fused-ring (bicyclic) bond motifs is 3. The SMILES string of the molecule is Cc1c(C(=O)NC(C)(C)C)c2c3ccccc3ccc2n1O. The van der Waals surface area contributed by atoms with Gasteiger partial charge in [-0.25, -0.2) is 0 Å². The predicted octanol–water partition coefficient (Wildman–Crippen LogP) is 3.87. The maximum atomic E-state index is 12.7. The number of nitrogens with zero attached hydrogens (tertiary/aromatic N) is 1. The zero-order chi connectivity index (χ0) is 16.1. The molecule has 0 unspecified atom stereocenters. The Morgan fingerprint density at radius 1 is 1.14 bits per heavy atom. The van der Waals surface area contributed by atoms with Crippen LogP contribution >= 0.6 is 0 Å². The van der Waals surface area contributed by atoms with Crippen molar-refractivity contribution in [1.82, 2.24) is 10.0 Å². The van der Waals surface area contributed by atoms with E-state index < -0.39 is 0 Å². The molecule has 22 heavy (non-hydrogen) atoms. The number of hydrogen-bond donors (Lipinski definition) is 2. The molecule has 0 saturated carbocycles. The number of aromatic nitrogens is 1. The highest BCUT2D eigenvalue weighted by atomic mass is 16.5. The van der Waals surface area contributed by atoms with Gasteiger partial charge in [0.2, 0.25) is 0 Å². The first-order valence-electron chi connectivity index (χ1n) is 7.34. The molecule has 0 bridgehead atoms. The Hall–Kier alpha value is -2.49. The third kappa shape index (κ3) is 2.21. The monoisotopic (exact) mass is 296 g/mol. The fraction of sp³-hybridized carbons (Fsp3) is 0.278. The largest absolute Gasteiger partial charge is 0.428 e. The molecule has 0 aliphatic carbocycles. The molecule has 0 radical (unpaired) electrons. The highest BCUT2D eigenvalue weighted by Gasteiger charge is 2.24. The molecule has 0 spiro atoms. The van der Waals surface area contributed by atoms with Gasteiger partial charge in [0.05, 0.1) is 16.8 Å². The lowest BCUT2D eigenvalue weighted by Crippen LogP contribution is -2.40. The number of nitrogens with one attached hydrogen (secondary N) is 1. The molecule has 0 aliphatic heterocycles. The minimum Gasteiger partial charge on any atom is -0.428 e. The molecule has 1 aromatic heterocycles. The second-order valence-corrected chi connectivity index (χ2v) is 6.66. The lowest BCUT2D eigenvalue weighted by molar-refractivity contribution is 0.0917. The van der Waals surface area contributed by atoms with Gasteiger partial charge in [0, 0.05) is 10.9 Å². The summed E-state index contributed by atoms with van der Waals surface area (Å²) in [5.41, 5.74) is 1.39. The van der Waals surface area contributed by atoms with Crippen molar-refractivity contribution in [2.45, 2.75) is 33.2 Å². The number of benzene rings is 2. The molecule has 4 nitrogen and oxygen atoms in total. The van der Waals surface area contributed by atoms with E-state index in [4.69, 9.17) is 0 Å². The summed E-state index contributed by atoms with van der Waals surface area (Å²) in [7, 11) is 0. The predicted molar refractivity (Wildman–Crippen MR) is 88.6 cm³/mol. The van der Waals surface area contributed by atoms with Gasteiger partial charge in [0.25, 0.3) is 5.91 Å². The van der Waals surface area contributed by atoms with Crippen LogP contribution in [-0.2, 0) is 0 Å². The second-order valence-electron chi connectivity index (χ2n) is 6.66. The average Bonchev–Trinajstić information content (AvgIpc) is 2.70. The number of rotatable bonds is 1. The molecule has 0 saturated heterocycles. The van der Waals surface area contributed by atoms with Gasteiger partial charge in [0.1, 0.15) is 0 Å². The van der Waals surface area contributed by atoms with E-state index in [2.05, 4.69) is 5.32 Å². The lowest BCUT2D eigenvalue weighted by atomic mass is 10.0. The summed E-state index contributed by atoms with van der Waals surface area (Å²) in [6.07, 6.45) is 0. The van der Waals surface area contributed by atoms with Crippen molar-refractivity contribution in [3.8, 4) is 0 Å². The van der Waals surface area contributed by atoms with Crippen molar-refractivity contribution in [1.29, 1.82) is 0 Å². The van der Waals surface area contributed by atoms with Crippen molar-refractivity contribution in [2.24, 2.45) is 0 Å². The van der Waals surface area contributed by atoms with Gasteiger partial charge in [0.15, 0.2) is 0 Å². The Bertz CT molecular complexity index is 885. The van der Waals surface area contributed by atoms with Crippen LogP contribution in [0.2, 0.25) is 0 Å². The summed E-state index contributed by atoms with van der Waals surface area (Å²) in [5.74, 6) is -0.167. The standard InChI is InChI=1S/C18H20N2O2/c1-11-15(17(21)19-18(2,3)4)16-13-8-6-5-7-12(13)9-10-14(16)20(11)22/h5-10,22H,1-4H3,(H,19,21). The van der Waals surface area contributed by atoms with Crippen LogP contribution in [0.25, 0.3) is 21.7 Å². The van der Waals surface area contributed by atoms with Gasteiger partial charge in [-0.15, -0.1) is 0 Å². The minimum atomic E-state index is -0.335. The summed E-state index contributed by atoms with van der Waals surface area (Å²) in [5, 5.41) is 16.1. The highest BCUT2D eigenvalue weighted by molar-refractivity contribution is 6.18. The molecule has 0 aliphatic rings. The van der Waals surface area contributed by atoms with Crippen LogP contribution in [0, 0.1) is 6.92 Å².